The second-order valence-corrected chi connectivity index (χ2v) is 4.82. The summed E-state index contributed by atoms with van der Waals surface area (Å²) in [5.74, 6) is 0.183. The lowest BCUT2D eigenvalue weighted by Crippen LogP contribution is -2.37. The average Bonchev–Trinajstić information content (AvgIpc) is 2.39. The van der Waals surface area contributed by atoms with Crippen LogP contribution < -0.4 is 0 Å². The van der Waals surface area contributed by atoms with Crippen molar-refractivity contribution in [2.24, 2.45) is 0 Å². The van der Waals surface area contributed by atoms with Crippen LogP contribution in [0.25, 0.3) is 0 Å². The van der Waals surface area contributed by atoms with Gasteiger partial charge in [-0.15, -0.1) is 0 Å². The molecule has 0 bridgehead atoms. The zero-order valence-corrected chi connectivity index (χ0v) is 11.9. The van der Waals surface area contributed by atoms with Crippen LogP contribution in [-0.2, 0) is 4.79 Å². The number of benzene rings is 1. The van der Waals surface area contributed by atoms with Crippen LogP contribution in [0.15, 0.2) is 30.3 Å². The van der Waals surface area contributed by atoms with Crippen LogP contribution in [0.4, 0.5) is 0 Å². The molecular formula is C15H24N2O. The van der Waals surface area contributed by atoms with Crippen LogP contribution in [0.3, 0.4) is 0 Å². The number of carbonyl (C=O) groups is 1. The molecule has 0 saturated heterocycles. The normalized spacial score (nSPS) is 12.5. The van der Waals surface area contributed by atoms with E-state index in [-0.39, 0.29) is 11.9 Å². The summed E-state index contributed by atoms with van der Waals surface area (Å²) in [4.78, 5) is 15.9. The second kappa shape index (κ2) is 7.17. The van der Waals surface area contributed by atoms with Gasteiger partial charge in [-0.25, -0.2) is 0 Å². The predicted octanol–water partition coefficient (Wildman–Crippen LogP) is 2.55. The topological polar surface area (TPSA) is 23.6 Å². The number of rotatable bonds is 6. The molecule has 1 rings (SSSR count). The quantitative estimate of drug-likeness (QED) is 0.772. The van der Waals surface area contributed by atoms with Crippen molar-refractivity contribution in [3.63, 3.8) is 0 Å². The molecule has 100 valence electrons. The molecule has 1 amide bonds. The van der Waals surface area contributed by atoms with Crippen molar-refractivity contribution >= 4 is 5.91 Å². The maximum absolute atomic E-state index is 12.0. The second-order valence-electron chi connectivity index (χ2n) is 4.82. The van der Waals surface area contributed by atoms with Gasteiger partial charge in [0.1, 0.15) is 0 Å². The Morgan fingerprint density at radius 3 is 2.39 bits per heavy atom. The number of carbonyl (C=O) groups excluding carboxylic acids is 1. The fourth-order valence-electron chi connectivity index (χ4n) is 1.92. The maximum atomic E-state index is 12.0. The number of hydrogen-bond acceptors (Lipinski definition) is 2. The SMILES string of the molecule is CCCN(C)C(=O)CN(C)C(C)c1ccccc1. The molecule has 0 aliphatic carbocycles. The molecule has 3 heteroatoms. The molecule has 3 nitrogen and oxygen atoms in total. The van der Waals surface area contributed by atoms with Crippen molar-refractivity contribution < 1.29 is 4.79 Å². The highest BCUT2D eigenvalue weighted by Gasteiger charge is 2.16. The highest BCUT2D eigenvalue weighted by molar-refractivity contribution is 5.77. The summed E-state index contributed by atoms with van der Waals surface area (Å²) in [5, 5.41) is 0. The Morgan fingerprint density at radius 2 is 1.83 bits per heavy atom. The van der Waals surface area contributed by atoms with Gasteiger partial charge in [0, 0.05) is 19.6 Å². The molecule has 0 aliphatic heterocycles. The highest BCUT2D eigenvalue weighted by atomic mass is 16.2. The molecular weight excluding hydrogens is 224 g/mol. The fraction of sp³-hybridized carbons (Fsp3) is 0.533. The van der Waals surface area contributed by atoms with Crippen molar-refractivity contribution in [3.8, 4) is 0 Å². The molecule has 0 heterocycles. The van der Waals surface area contributed by atoms with E-state index in [1.165, 1.54) is 5.56 Å². The fourth-order valence-corrected chi connectivity index (χ4v) is 1.92. The van der Waals surface area contributed by atoms with Crippen molar-refractivity contribution in [1.29, 1.82) is 0 Å². The maximum Gasteiger partial charge on any atom is 0.236 e. The van der Waals surface area contributed by atoms with Crippen LogP contribution in [0, 0.1) is 0 Å². The number of hydrogen-bond donors (Lipinski definition) is 0. The number of likely N-dealkylation sites (N-methyl/N-ethyl adjacent to an activating group) is 2. The molecule has 1 aromatic rings. The third kappa shape index (κ3) is 4.15. The van der Waals surface area contributed by atoms with Crippen LogP contribution >= 0.6 is 0 Å². The molecule has 0 aromatic heterocycles. The summed E-state index contributed by atoms with van der Waals surface area (Å²) in [6.45, 7) is 5.50. The Bertz CT molecular complexity index is 364. The molecule has 1 aromatic carbocycles. The molecule has 0 radical (unpaired) electrons. The summed E-state index contributed by atoms with van der Waals surface area (Å²) in [6.07, 6.45) is 1.00. The van der Waals surface area contributed by atoms with Gasteiger partial charge in [-0.05, 0) is 26.0 Å². The van der Waals surface area contributed by atoms with Gasteiger partial charge in [0.2, 0.25) is 5.91 Å². The number of amides is 1. The van der Waals surface area contributed by atoms with Gasteiger partial charge in [-0.2, -0.15) is 0 Å². The summed E-state index contributed by atoms with van der Waals surface area (Å²) >= 11 is 0. The molecule has 0 fully saturated rings. The number of nitrogens with zero attached hydrogens (tertiary/aromatic N) is 2. The molecule has 0 N–H and O–H groups in total. The molecule has 0 aliphatic rings. The van der Waals surface area contributed by atoms with Gasteiger partial charge in [-0.1, -0.05) is 37.3 Å². The highest BCUT2D eigenvalue weighted by Crippen LogP contribution is 2.17. The van der Waals surface area contributed by atoms with Gasteiger partial charge in [-0.3, -0.25) is 9.69 Å². The zero-order valence-electron chi connectivity index (χ0n) is 11.9. The molecule has 1 unspecified atom stereocenters. The lowest BCUT2D eigenvalue weighted by atomic mass is 10.1. The van der Waals surface area contributed by atoms with E-state index in [1.807, 2.05) is 32.3 Å². The summed E-state index contributed by atoms with van der Waals surface area (Å²) < 4.78 is 0. The lowest BCUT2D eigenvalue weighted by molar-refractivity contribution is -0.131. The molecule has 1 atom stereocenters. The molecule has 18 heavy (non-hydrogen) atoms. The zero-order chi connectivity index (χ0) is 13.5. The van der Waals surface area contributed by atoms with E-state index in [0.717, 1.165) is 13.0 Å². The Balaban J connectivity index is 2.55. The predicted molar refractivity (Wildman–Crippen MR) is 75.4 cm³/mol. The Labute approximate surface area is 110 Å². The van der Waals surface area contributed by atoms with Crippen molar-refractivity contribution in [2.45, 2.75) is 26.3 Å². The van der Waals surface area contributed by atoms with Crippen molar-refractivity contribution in [1.82, 2.24) is 9.80 Å². The largest absolute Gasteiger partial charge is 0.345 e. The standard InChI is InChI=1S/C15H24N2O/c1-5-11-16(3)15(18)12-17(4)13(2)14-9-7-6-8-10-14/h6-10,13H,5,11-12H2,1-4H3. The molecule has 0 saturated carbocycles. The van der Waals surface area contributed by atoms with Gasteiger partial charge < -0.3 is 4.90 Å². The van der Waals surface area contributed by atoms with Crippen LogP contribution in [0.5, 0.6) is 0 Å². The first kappa shape index (κ1) is 14.7. The minimum atomic E-state index is 0.183. The monoisotopic (exact) mass is 248 g/mol. The van der Waals surface area contributed by atoms with E-state index in [1.54, 1.807) is 4.90 Å². The van der Waals surface area contributed by atoms with Gasteiger partial charge in [0.05, 0.1) is 6.54 Å². The van der Waals surface area contributed by atoms with E-state index in [2.05, 4.69) is 30.9 Å². The average molecular weight is 248 g/mol. The third-order valence-corrected chi connectivity index (χ3v) is 3.31. The van der Waals surface area contributed by atoms with E-state index >= 15 is 0 Å². The molecule has 0 spiro atoms. The van der Waals surface area contributed by atoms with E-state index in [4.69, 9.17) is 0 Å². The minimum absolute atomic E-state index is 0.183. The minimum Gasteiger partial charge on any atom is -0.345 e. The Kier molecular flexibility index (Phi) is 5.86. The van der Waals surface area contributed by atoms with Crippen LogP contribution in [-0.4, -0.2) is 42.9 Å². The summed E-state index contributed by atoms with van der Waals surface area (Å²) in [5.41, 5.74) is 1.24. The van der Waals surface area contributed by atoms with Gasteiger partial charge in [0.15, 0.2) is 0 Å². The van der Waals surface area contributed by atoms with Crippen molar-refractivity contribution in [3.05, 3.63) is 35.9 Å². The van der Waals surface area contributed by atoms with E-state index < -0.39 is 0 Å². The summed E-state index contributed by atoms with van der Waals surface area (Å²) in [7, 11) is 3.86. The van der Waals surface area contributed by atoms with Crippen molar-refractivity contribution in [2.75, 3.05) is 27.2 Å². The smallest absolute Gasteiger partial charge is 0.236 e. The van der Waals surface area contributed by atoms with Gasteiger partial charge in [0.25, 0.3) is 0 Å². The first-order valence-electron chi connectivity index (χ1n) is 6.55. The van der Waals surface area contributed by atoms with Crippen LogP contribution in [0.1, 0.15) is 31.9 Å². The van der Waals surface area contributed by atoms with Gasteiger partial charge >= 0.3 is 0 Å². The summed E-state index contributed by atoms with van der Waals surface area (Å²) in [6, 6.07) is 10.5. The van der Waals surface area contributed by atoms with E-state index in [9.17, 15) is 4.79 Å². The van der Waals surface area contributed by atoms with Crippen LogP contribution in [0.2, 0.25) is 0 Å². The third-order valence-electron chi connectivity index (χ3n) is 3.31. The lowest BCUT2D eigenvalue weighted by Gasteiger charge is -2.26. The first-order chi connectivity index (χ1) is 8.56. The van der Waals surface area contributed by atoms with E-state index in [0.29, 0.717) is 6.54 Å². The Hall–Kier alpha value is -1.35. The first-order valence-corrected chi connectivity index (χ1v) is 6.55. The Morgan fingerprint density at radius 1 is 1.22 bits per heavy atom.